The van der Waals surface area contributed by atoms with Gasteiger partial charge in [-0.3, -0.25) is 0 Å². The third-order valence-electron chi connectivity index (χ3n) is 6.73. The van der Waals surface area contributed by atoms with Crippen LogP contribution in [-0.2, 0) is 9.94 Å². The molecular formula is C33H45N2O3PS. The Bertz CT molecular complexity index is 1090. The van der Waals surface area contributed by atoms with E-state index in [4.69, 9.17) is 19.3 Å². The van der Waals surface area contributed by atoms with E-state index in [9.17, 15) is 0 Å². The summed E-state index contributed by atoms with van der Waals surface area (Å²) in [6.45, 7) is 11.2. The van der Waals surface area contributed by atoms with Crippen molar-refractivity contribution in [3.8, 4) is 17.6 Å². The number of benzene rings is 3. The molecule has 0 N–H and O–H groups in total. The second kappa shape index (κ2) is 17.3. The summed E-state index contributed by atoms with van der Waals surface area (Å²) < 4.78 is 18.5. The first-order valence-corrected chi connectivity index (χ1v) is 16.2. The Hall–Kier alpha value is -2.55. The second-order valence-electron chi connectivity index (χ2n) is 10.0. The van der Waals surface area contributed by atoms with Gasteiger partial charge in [-0.1, -0.05) is 67.9 Å². The molecule has 1 unspecified atom stereocenters. The van der Waals surface area contributed by atoms with E-state index in [1.54, 1.807) is 14.2 Å². The molecule has 0 bridgehead atoms. The maximum atomic E-state index is 8.37. The Kier molecular flexibility index (Phi) is 14.6. The molecule has 0 saturated heterocycles. The molecule has 7 heteroatoms. The minimum atomic E-state index is -0.858. The summed E-state index contributed by atoms with van der Waals surface area (Å²) in [7, 11) is 2.55. The van der Waals surface area contributed by atoms with Crippen LogP contribution in [0.2, 0.25) is 0 Å². The Morgan fingerprint density at radius 2 is 1.25 bits per heavy atom. The normalized spacial score (nSPS) is 12.1. The van der Waals surface area contributed by atoms with Gasteiger partial charge in [-0.25, -0.2) is 4.67 Å². The van der Waals surface area contributed by atoms with Crippen LogP contribution in [0.4, 0.5) is 0 Å². The van der Waals surface area contributed by atoms with Crippen molar-refractivity contribution in [2.45, 2.75) is 71.4 Å². The van der Waals surface area contributed by atoms with Crippen LogP contribution in [0.25, 0.3) is 0 Å². The Labute approximate surface area is 248 Å². The molecule has 0 fully saturated rings. The summed E-state index contributed by atoms with van der Waals surface area (Å²) in [6, 6.07) is 30.6. The first-order chi connectivity index (χ1) is 19.2. The van der Waals surface area contributed by atoms with Crippen LogP contribution in [0.3, 0.4) is 0 Å². The Balaban J connectivity index is 0.000000342. The molecule has 3 aromatic carbocycles. The van der Waals surface area contributed by atoms with Gasteiger partial charge in [0.2, 0.25) is 0 Å². The number of hydrogen-bond acceptors (Lipinski definition) is 6. The lowest BCUT2D eigenvalue weighted by Crippen LogP contribution is -2.31. The van der Waals surface area contributed by atoms with Crippen LogP contribution < -0.4 is 9.47 Å². The quantitative estimate of drug-likeness (QED) is 0.0946. The zero-order valence-corrected chi connectivity index (χ0v) is 26.8. The third-order valence-corrected chi connectivity index (χ3v) is 9.43. The average molecular weight is 581 g/mol. The third kappa shape index (κ3) is 8.98. The van der Waals surface area contributed by atoms with Gasteiger partial charge in [0.05, 0.1) is 33.3 Å². The lowest BCUT2D eigenvalue weighted by atomic mass is 9.67. The number of nitriles is 1. The van der Waals surface area contributed by atoms with Crippen LogP contribution in [0.1, 0.15) is 70.6 Å². The zero-order chi connectivity index (χ0) is 29.5. The summed E-state index contributed by atoms with van der Waals surface area (Å²) in [6.07, 6.45) is 2.53. The summed E-state index contributed by atoms with van der Waals surface area (Å²) in [5, 5.41) is 8.37. The maximum Gasteiger partial charge on any atom is 0.166 e. The molecule has 0 spiro atoms. The highest BCUT2D eigenvalue weighted by Crippen LogP contribution is 2.48. The molecule has 0 radical (unpaired) electrons. The van der Waals surface area contributed by atoms with Crippen molar-refractivity contribution in [2.24, 2.45) is 0 Å². The van der Waals surface area contributed by atoms with E-state index < -0.39 is 7.50 Å². The Morgan fingerprint density at radius 1 is 0.800 bits per heavy atom. The molecule has 0 aromatic heterocycles. The Morgan fingerprint density at radius 3 is 1.62 bits per heavy atom. The highest BCUT2D eigenvalue weighted by atomic mass is 32.7. The van der Waals surface area contributed by atoms with Gasteiger partial charge in [0.1, 0.15) is 11.5 Å². The largest absolute Gasteiger partial charge is 0.497 e. The molecule has 0 heterocycles. The second-order valence-corrected chi connectivity index (χ2v) is 12.3. The molecule has 40 heavy (non-hydrogen) atoms. The van der Waals surface area contributed by atoms with Crippen molar-refractivity contribution in [3.63, 3.8) is 0 Å². The molecule has 5 nitrogen and oxygen atoms in total. The standard InChI is InChI=1S/C24H26O2.C9H19N2OPS/c1-4-18-24(19-8-6-5-7-9-19,20-10-14-22(25-2)15-11-20)21-12-16-23(26-3)17-13-21;1-8(2)11(9(3)4)13(14)12-7-5-6-10/h5-17H,4,18H2,1-3H3;8-9,14H,5,7H2,1-4H3. The fourth-order valence-electron chi connectivity index (χ4n) is 5.01. The monoisotopic (exact) mass is 580 g/mol. The van der Waals surface area contributed by atoms with Crippen molar-refractivity contribution in [3.05, 3.63) is 95.6 Å². The molecule has 0 aliphatic heterocycles. The molecular weight excluding hydrogens is 535 g/mol. The van der Waals surface area contributed by atoms with Gasteiger partial charge in [0.25, 0.3) is 0 Å². The first-order valence-electron chi connectivity index (χ1n) is 13.9. The van der Waals surface area contributed by atoms with Crippen LogP contribution in [0.15, 0.2) is 78.9 Å². The summed E-state index contributed by atoms with van der Waals surface area (Å²) >= 11 is 4.44. The van der Waals surface area contributed by atoms with E-state index >= 15 is 0 Å². The molecule has 0 amide bonds. The van der Waals surface area contributed by atoms with Gasteiger partial charge in [-0.15, -0.1) is 12.2 Å². The van der Waals surface area contributed by atoms with E-state index in [0.29, 0.717) is 25.1 Å². The SMILES string of the molecule is CC(C)N(C(C)C)P(S)OCCC#N.CCCC(c1ccccc1)(c1ccc(OC)cc1)c1ccc(OC)cc1. The lowest BCUT2D eigenvalue weighted by molar-refractivity contribution is 0.267. The van der Waals surface area contributed by atoms with E-state index in [-0.39, 0.29) is 5.41 Å². The minimum Gasteiger partial charge on any atom is -0.497 e. The summed E-state index contributed by atoms with van der Waals surface area (Å²) in [5.74, 6) is 1.75. The van der Waals surface area contributed by atoms with E-state index in [1.165, 1.54) is 16.7 Å². The average Bonchev–Trinajstić information content (AvgIpc) is 2.96. The molecule has 216 valence electrons. The lowest BCUT2D eigenvalue weighted by Gasteiger charge is -2.36. The van der Waals surface area contributed by atoms with E-state index in [1.807, 2.05) is 24.3 Å². The summed E-state index contributed by atoms with van der Waals surface area (Å²) in [5.41, 5.74) is 3.65. The van der Waals surface area contributed by atoms with Crippen LogP contribution in [-0.4, -0.2) is 37.6 Å². The molecule has 3 aromatic rings. The molecule has 0 aliphatic carbocycles. The highest BCUT2D eigenvalue weighted by Gasteiger charge is 2.35. The highest BCUT2D eigenvalue weighted by molar-refractivity contribution is 8.42. The van der Waals surface area contributed by atoms with Gasteiger partial charge >= 0.3 is 0 Å². The topological polar surface area (TPSA) is 54.7 Å². The predicted molar refractivity (Wildman–Crippen MR) is 171 cm³/mol. The molecule has 1 atom stereocenters. The fourth-order valence-corrected chi connectivity index (χ4v) is 7.68. The van der Waals surface area contributed by atoms with Crippen molar-refractivity contribution in [1.82, 2.24) is 4.67 Å². The number of methoxy groups -OCH3 is 2. The minimum absolute atomic E-state index is 0.200. The van der Waals surface area contributed by atoms with Gasteiger partial charge in [0, 0.05) is 17.5 Å². The van der Waals surface area contributed by atoms with Crippen LogP contribution in [0, 0.1) is 11.3 Å². The maximum absolute atomic E-state index is 8.37. The number of hydrogen-bond donors (Lipinski definition) is 1. The van der Waals surface area contributed by atoms with E-state index in [2.05, 4.69) is 112 Å². The van der Waals surface area contributed by atoms with Gasteiger partial charge in [0.15, 0.2) is 7.50 Å². The smallest absolute Gasteiger partial charge is 0.166 e. The van der Waals surface area contributed by atoms with Crippen molar-refractivity contribution < 1.29 is 14.0 Å². The first kappa shape index (κ1) is 33.7. The zero-order valence-electron chi connectivity index (χ0n) is 25.0. The fraction of sp³-hybridized carbons (Fsp3) is 0.424. The molecule has 3 rings (SSSR count). The van der Waals surface area contributed by atoms with Crippen molar-refractivity contribution in [2.75, 3.05) is 20.8 Å². The predicted octanol–water partition coefficient (Wildman–Crippen LogP) is 9.03. The van der Waals surface area contributed by atoms with E-state index in [0.717, 1.165) is 24.3 Å². The van der Waals surface area contributed by atoms with Crippen LogP contribution in [0.5, 0.6) is 11.5 Å². The number of thiol groups is 1. The van der Waals surface area contributed by atoms with Gasteiger partial charge < -0.3 is 14.0 Å². The molecule has 0 saturated carbocycles. The number of rotatable bonds is 13. The number of ether oxygens (including phenoxy) is 2. The molecule has 0 aliphatic rings. The van der Waals surface area contributed by atoms with Crippen molar-refractivity contribution >= 4 is 19.7 Å². The number of nitrogens with zero attached hydrogens (tertiary/aromatic N) is 2. The van der Waals surface area contributed by atoms with Crippen molar-refractivity contribution in [1.29, 1.82) is 5.26 Å². The van der Waals surface area contributed by atoms with Gasteiger partial charge in [-0.2, -0.15) is 5.26 Å². The van der Waals surface area contributed by atoms with Gasteiger partial charge in [-0.05, 0) is 75.1 Å². The van der Waals surface area contributed by atoms with Crippen LogP contribution >= 0.6 is 19.7 Å². The summed E-state index contributed by atoms with van der Waals surface area (Å²) in [4.78, 5) is 0.